The molecule has 1 aromatic rings. The molecule has 3 nitrogen and oxygen atoms in total. The summed E-state index contributed by atoms with van der Waals surface area (Å²) >= 11 is 0. The molecule has 2 rings (SSSR count). The zero-order valence-corrected chi connectivity index (χ0v) is 10.2. The average Bonchev–Trinajstić information content (AvgIpc) is 3.12. The maximum atomic E-state index is 5.94. The van der Waals surface area contributed by atoms with Gasteiger partial charge < -0.3 is 10.6 Å². The third-order valence-corrected chi connectivity index (χ3v) is 3.26. The summed E-state index contributed by atoms with van der Waals surface area (Å²) in [5.41, 5.74) is 8.12. The molecule has 0 spiro atoms. The predicted molar refractivity (Wildman–Crippen MR) is 67.5 cm³/mol. The van der Waals surface area contributed by atoms with E-state index in [1.54, 1.807) is 0 Å². The summed E-state index contributed by atoms with van der Waals surface area (Å²) in [5, 5.41) is 0. The van der Waals surface area contributed by atoms with E-state index in [9.17, 15) is 0 Å². The van der Waals surface area contributed by atoms with Crippen molar-refractivity contribution in [3.05, 3.63) is 24.0 Å². The Morgan fingerprint density at radius 2 is 2.25 bits per heavy atom. The minimum atomic E-state index is 0.0720. The zero-order valence-electron chi connectivity index (χ0n) is 10.2. The standard InChI is InChI=1S/C13H21N3/c1-3-12(14)13-7-6-11(8-15-13)16(2)9-10-4-5-10/h6-8,10,12H,3-5,9,14H2,1-2H3/t12-/m1/s1. The average molecular weight is 219 g/mol. The maximum Gasteiger partial charge on any atom is 0.0572 e. The number of hydrogen-bond donors (Lipinski definition) is 1. The van der Waals surface area contributed by atoms with Gasteiger partial charge in [0.05, 0.1) is 17.6 Å². The summed E-state index contributed by atoms with van der Waals surface area (Å²) in [6, 6.07) is 4.25. The van der Waals surface area contributed by atoms with E-state index < -0.39 is 0 Å². The van der Waals surface area contributed by atoms with E-state index >= 15 is 0 Å². The Kier molecular flexibility index (Phi) is 3.44. The summed E-state index contributed by atoms with van der Waals surface area (Å²) in [5.74, 6) is 0.905. The number of nitrogens with zero attached hydrogens (tertiary/aromatic N) is 2. The van der Waals surface area contributed by atoms with Crippen LogP contribution in [0.1, 0.15) is 37.9 Å². The fourth-order valence-electron chi connectivity index (χ4n) is 1.84. The van der Waals surface area contributed by atoms with Crippen LogP contribution in [0.3, 0.4) is 0 Å². The maximum absolute atomic E-state index is 5.94. The van der Waals surface area contributed by atoms with Gasteiger partial charge in [0.15, 0.2) is 0 Å². The summed E-state index contributed by atoms with van der Waals surface area (Å²) in [7, 11) is 2.13. The minimum absolute atomic E-state index is 0.0720. The molecule has 1 atom stereocenters. The second-order valence-corrected chi connectivity index (χ2v) is 4.78. The molecule has 1 heterocycles. The molecule has 0 aromatic carbocycles. The monoisotopic (exact) mass is 219 g/mol. The lowest BCUT2D eigenvalue weighted by atomic mass is 10.1. The fraction of sp³-hybridized carbons (Fsp3) is 0.615. The third kappa shape index (κ3) is 2.73. The molecule has 1 aromatic heterocycles. The largest absolute Gasteiger partial charge is 0.373 e. The highest BCUT2D eigenvalue weighted by atomic mass is 15.1. The molecule has 1 aliphatic carbocycles. The molecule has 88 valence electrons. The lowest BCUT2D eigenvalue weighted by molar-refractivity contribution is 0.674. The molecule has 0 aliphatic heterocycles. The van der Waals surface area contributed by atoms with E-state index in [4.69, 9.17) is 5.73 Å². The molecule has 1 fully saturated rings. The summed E-state index contributed by atoms with van der Waals surface area (Å²) in [6.45, 7) is 3.24. The molecule has 0 amide bonds. The van der Waals surface area contributed by atoms with Gasteiger partial charge in [-0.1, -0.05) is 6.92 Å². The van der Waals surface area contributed by atoms with Gasteiger partial charge in [-0.05, 0) is 37.3 Å². The van der Waals surface area contributed by atoms with Crippen molar-refractivity contribution in [2.45, 2.75) is 32.2 Å². The first-order valence-corrected chi connectivity index (χ1v) is 6.13. The van der Waals surface area contributed by atoms with Crippen LogP contribution in [0.4, 0.5) is 5.69 Å². The molecule has 0 bridgehead atoms. The topological polar surface area (TPSA) is 42.1 Å². The van der Waals surface area contributed by atoms with Crippen LogP contribution in [-0.4, -0.2) is 18.6 Å². The van der Waals surface area contributed by atoms with Gasteiger partial charge in [0.25, 0.3) is 0 Å². The van der Waals surface area contributed by atoms with Gasteiger partial charge >= 0.3 is 0 Å². The van der Waals surface area contributed by atoms with Gasteiger partial charge in [-0.3, -0.25) is 4.98 Å². The Morgan fingerprint density at radius 1 is 1.50 bits per heavy atom. The first-order valence-electron chi connectivity index (χ1n) is 6.13. The highest BCUT2D eigenvalue weighted by molar-refractivity contribution is 5.44. The number of aromatic nitrogens is 1. The molecular weight excluding hydrogens is 198 g/mol. The molecule has 16 heavy (non-hydrogen) atoms. The number of pyridine rings is 1. The van der Waals surface area contributed by atoms with Crippen molar-refractivity contribution in [3.8, 4) is 0 Å². The first-order chi connectivity index (χ1) is 7.70. The third-order valence-electron chi connectivity index (χ3n) is 3.26. The van der Waals surface area contributed by atoms with Crippen LogP contribution in [0, 0.1) is 5.92 Å². The van der Waals surface area contributed by atoms with Gasteiger partial charge in [0.2, 0.25) is 0 Å². The lowest BCUT2D eigenvalue weighted by Crippen LogP contribution is -2.20. The Bertz CT molecular complexity index is 330. The van der Waals surface area contributed by atoms with Crippen LogP contribution in [0.2, 0.25) is 0 Å². The van der Waals surface area contributed by atoms with E-state index in [1.807, 2.05) is 12.3 Å². The molecule has 1 saturated carbocycles. The normalized spacial score (nSPS) is 17.2. The molecule has 0 radical (unpaired) electrons. The zero-order chi connectivity index (χ0) is 11.5. The summed E-state index contributed by atoms with van der Waals surface area (Å²) in [4.78, 5) is 6.72. The SMILES string of the molecule is CC[C@@H](N)c1ccc(N(C)CC2CC2)cn1. The van der Waals surface area contributed by atoms with Crippen LogP contribution in [0.15, 0.2) is 18.3 Å². The van der Waals surface area contributed by atoms with E-state index in [0.717, 1.165) is 24.6 Å². The van der Waals surface area contributed by atoms with Crippen LogP contribution >= 0.6 is 0 Å². The van der Waals surface area contributed by atoms with Gasteiger partial charge in [0, 0.05) is 19.6 Å². The van der Waals surface area contributed by atoms with Gasteiger partial charge in [-0.25, -0.2) is 0 Å². The highest BCUT2D eigenvalue weighted by Gasteiger charge is 2.23. The smallest absolute Gasteiger partial charge is 0.0572 e. The Morgan fingerprint density at radius 3 is 2.75 bits per heavy atom. The Balaban J connectivity index is 1.99. The van der Waals surface area contributed by atoms with Gasteiger partial charge in [0.1, 0.15) is 0 Å². The predicted octanol–water partition coefficient (Wildman–Crippen LogP) is 2.34. The van der Waals surface area contributed by atoms with Crippen LogP contribution < -0.4 is 10.6 Å². The number of nitrogens with two attached hydrogens (primary N) is 1. The van der Waals surface area contributed by atoms with Crippen molar-refractivity contribution in [3.63, 3.8) is 0 Å². The number of rotatable bonds is 5. The van der Waals surface area contributed by atoms with Crippen molar-refractivity contribution < 1.29 is 0 Å². The fourth-order valence-corrected chi connectivity index (χ4v) is 1.84. The van der Waals surface area contributed by atoms with Crippen molar-refractivity contribution in [2.24, 2.45) is 11.7 Å². The lowest BCUT2D eigenvalue weighted by Gasteiger charge is -2.19. The molecule has 0 unspecified atom stereocenters. The Labute approximate surface area is 97.7 Å². The second kappa shape index (κ2) is 4.83. The van der Waals surface area contributed by atoms with Gasteiger partial charge in [-0.15, -0.1) is 0 Å². The molecule has 1 aliphatic rings. The van der Waals surface area contributed by atoms with Crippen LogP contribution in [0.5, 0.6) is 0 Å². The van der Waals surface area contributed by atoms with Crippen LogP contribution in [-0.2, 0) is 0 Å². The molecular formula is C13H21N3. The van der Waals surface area contributed by atoms with E-state index in [-0.39, 0.29) is 6.04 Å². The van der Waals surface area contributed by atoms with Crippen molar-refractivity contribution in [2.75, 3.05) is 18.5 Å². The van der Waals surface area contributed by atoms with Crippen molar-refractivity contribution >= 4 is 5.69 Å². The van der Waals surface area contributed by atoms with Crippen molar-refractivity contribution in [1.29, 1.82) is 0 Å². The quantitative estimate of drug-likeness (QED) is 0.826. The van der Waals surface area contributed by atoms with E-state index in [2.05, 4.69) is 29.9 Å². The molecule has 3 heteroatoms. The second-order valence-electron chi connectivity index (χ2n) is 4.78. The summed E-state index contributed by atoms with van der Waals surface area (Å²) in [6.07, 6.45) is 5.64. The number of anilines is 1. The first kappa shape index (κ1) is 11.4. The molecule has 2 N–H and O–H groups in total. The van der Waals surface area contributed by atoms with Gasteiger partial charge in [-0.2, -0.15) is 0 Å². The highest BCUT2D eigenvalue weighted by Crippen LogP contribution is 2.30. The minimum Gasteiger partial charge on any atom is -0.373 e. The number of hydrogen-bond acceptors (Lipinski definition) is 3. The summed E-state index contributed by atoms with van der Waals surface area (Å²) < 4.78 is 0. The van der Waals surface area contributed by atoms with E-state index in [0.29, 0.717) is 0 Å². The van der Waals surface area contributed by atoms with Crippen LogP contribution in [0.25, 0.3) is 0 Å². The van der Waals surface area contributed by atoms with Crippen molar-refractivity contribution in [1.82, 2.24) is 4.98 Å². The molecule has 0 saturated heterocycles. The van der Waals surface area contributed by atoms with E-state index in [1.165, 1.54) is 18.5 Å². The Hall–Kier alpha value is -1.09.